The molecule has 0 atom stereocenters. The Morgan fingerprint density at radius 1 is 1.14 bits per heavy atom. The molecule has 0 radical (unpaired) electrons. The van der Waals surface area contributed by atoms with Gasteiger partial charge in [-0.2, -0.15) is 4.31 Å². The minimum Gasteiger partial charge on any atom is -0.335 e. The molecular weight excluding hydrogens is 399 g/mol. The molecule has 0 bridgehead atoms. The first kappa shape index (κ1) is 21.0. The van der Waals surface area contributed by atoms with E-state index >= 15 is 0 Å². The molecule has 0 aliphatic carbocycles. The molecule has 0 saturated carbocycles. The highest BCUT2D eigenvalue weighted by molar-refractivity contribution is 7.89. The number of carbonyl (C=O) groups is 1. The first-order valence-corrected chi connectivity index (χ1v) is 11.8. The molecule has 28 heavy (non-hydrogen) atoms. The van der Waals surface area contributed by atoms with E-state index in [4.69, 9.17) is 0 Å². The Morgan fingerprint density at radius 2 is 1.86 bits per heavy atom. The average molecular weight is 425 g/mol. The number of aryl methyl sites for hydroxylation is 2. The van der Waals surface area contributed by atoms with E-state index in [1.165, 1.54) is 32.9 Å². The minimum atomic E-state index is -3.75. The topological polar surface area (TPSA) is 57.7 Å². The maximum atomic E-state index is 13.4. The summed E-state index contributed by atoms with van der Waals surface area (Å²) in [6, 6.07) is 7.00. The molecule has 1 amide bonds. The van der Waals surface area contributed by atoms with Gasteiger partial charge in [0.2, 0.25) is 10.0 Å². The van der Waals surface area contributed by atoms with Gasteiger partial charge in [-0.05, 0) is 42.7 Å². The maximum absolute atomic E-state index is 13.4. The fraction of sp³-hybridized carbons (Fsp3) is 0.450. The van der Waals surface area contributed by atoms with Gasteiger partial charge in [-0.15, -0.1) is 11.3 Å². The lowest BCUT2D eigenvalue weighted by Gasteiger charge is -2.33. The molecule has 1 aliphatic rings. The fourth-order valence-electron chi connectivity index (χ4n) is 3.37. The molecule has 1 fully saturated rings. The number of carbonyl (C=O) groups excluding carboxylic acids is 1. The van der Waals surface area contributed by atoms with Crippen LogP contribution in [0.3, 0.4) is 0 Å². The summed E-state index contributed by atoms with van der Waals surface area (Å²) in [4.78, 5) is 16.5. The summed E-state index contributed by atoms with van der Waals surface area (Å²) in [5.41, 5.74) is 1.22. The Bertz CT molecular complexity index is 948. The second-order valence-corrected chi connectivity index (χ2v) is 9.89. The summed E-state index contributed by atoms with van der Waals surface area (Å²) >= 11 is 1.55. The van der Waals surface area contributed by atoms with E-state index < -0.39 is 15.8 Å². The van der Waals surface area contributed by atoms with E-state index in [0.717, 1.165) is 30.2 Å². The lowest BCUT2D eigenvalue weighted by Crippen LogP contribution is -2.50. The molecule has 2 heterocycles. The van der Waals surface area contributed by atoms with Crippen LogP contribution in [0.5, 0.6) is 0 Å². The molecule has 5 nitrogen and oxygen atoms in total. The Hall–Kier alpha value is -1.77. The highest BCUT2D eigenvalue weighted by atomic mass is 32.2. The van der Waals surface area contributed by atoms with Crippen molar-refractivity contribution in [2.45, 2.75) is 38.0 Å². The van der Waals surface area contributed by atoms with Crippen LogP contribution in [-0.4, -0.2) is 49.7 Å². The lowest BCUT2D eigenvalue weighted by molar-refractivity contribution is 0.0702. The fourth-order valence-corrected chi connectivity index (χ4v) is 6.15. The van der Waals surface area contributed by atoms with Gasteiger partial charge in [0.1, 0.15) is 5.82 Å². The van der Waals surface area contributed by atoms with E-state index in [2.05, 4.69) is 13.8 Å². The molecule has 1 aromatic heterocycles. The Morgan fingerprint density at radius 3 is 2.46 bits per heavy atom. The predicted molar refractivity (Wildman–Crippen MR) is 109 cm³/mol. The van der Waals surface area contributed by atoms with Gasteiger partial charge in [-0.25, -0.2) is 12.8 Å². The Labute approximate surface area is 169 Å². The van der Waals surface area contributed by atoms with Crippen molar-refractivity contribution in [3.63, 3.8) is 0 Å². The zero-order chi connectivity index (χ0) is 20.3. The number of benzene rings is 1. The zero-order valence-electron chi connectivity index (χ0n) is 16.2. The summed E-state index contributed by atoms with van der Waals surface area (Å²) < 4.78 is 40.1. The summed E-state index contributed by atoms with van der Waals surface area (Å²) in [7, 11) is -3.75. The number of nitrogens with zero attached hydrogens (tertiary/aromatic N) is 2. The number of hydrogen-bond acceptors (Lipinski definition) is 4. The van der Waals surface area contributed by atoms with Crippen molar-refractivity contribution in [3.05, 3.63) is 51.5 Å². The molecule has 1 saturated heterocycles. The molecule has 2 aromatic rings. The van der Waals surface area contributed by atoms with Crippen LogP contribution in [-0.2, 0) is 22.9 Å². The van der Waals surface area contributed by atoms with Crippen LogP contribution in [0, 0.1) is 5.82 Å². The smallest absolute Gasteiger partial charge is 0.264 e. The van der Waals surface area contributed by atoms with Crippen molar-refractivity contribution >= 4 is 27.3 Å². The number of amides is 1. The molecule has 8 heteroatoms. The van der Waals surface area contributed by atoms with Gasteiger partial charge in [0.15, 0.2) is 0 Å². The van der Waals surface area contributed by atoms with E-state index in [1.807, 2.05) is 6.07 Å². The molecule has 1 aliphatic heterocycles. The average Bonchev–Trinajstić information content (AvgIpc) is 3.11. The molecule has 3 rings (SSSR count). The third kappa shape index (κ3) is 4.29. The van der Waals surface area contributed by atoms with Crippen LogP contribution in [0.2, 0.25) is 0 Å². The van der Waals surface area contributed by atoms with Crippen LogP contribution in [0.15, 0.2) is 35.2 Å². The summed E-state index contributed by atoms with van der Waals surface area (Å²) in [5.74, 6) is -0.618. The van der Waals surface area contributed by atoms with Gasteiger partial charge < -0.3 is 4.90 Å². The quantitative estimate of drug-likeness (QED) is 0.713. The van der Waals surface area contributed by atoms with Gasteiger partial charge in [0.25, 0.3) is 5.91 Å². The lowest BCUT2D eigenvalue weighted by atomic mass is 10.1. The standard InChI is InChI=1S/C20H25FN2O3S2/c1-3-6-18-15(4-2)13-19(27-18)20(24)22-9-11-23(12-10-22)28(25,26)17-8-5-7-16(21)14-17/h5,7-8,13-14H,3-4,6,9-12H2,1-2H3. The first-order chi connectivity index (χ1) is 13.4. The third-order valence-corrected chi connectivity index (χ3v) is 8.04. The number of sulfonamides is 1. The number of thiophene rings is 1. The Kier molecular flexibility index (Phi) is 6.52. The monoisotopic (exact) mass is 424 g/mol. The second-order valence-electron chi connectivity index (χ2n) is 6.82. The SMILES string of the molecule is CCCc1sc(C(=O)N2CCN(S(=O)(=O)c3cccc(F)c3)CC2)cc1CC. The maximum Gasteiger partial charge on any atom is 0.264 e. The zero-order valence-corrected chi connectivity index (χ0v) is 17.8. The van der Waals surface area contributed by atoms with Gasteiger partial charge in [-0.3, -0.25) is 4.79 Å². The normalized spacial score (nSPS) is 15.8. The van der Waals surface area contributed by atoms with Crippen molar-refractivity contribution in [1.29, 1.82) is 0 Å². The van der Waals surface area contributed by atoms with Crippen LogP contribution in [0.25, 0.3) is 0 Å². The highest BCUT2D eigenvalue weighted by Crippen LogP contribution is 2.27. The molecule has 0 unspecified atom stereocenters. The summed E-state index contributed by atoms with van der Waals surface area (Å²) in [6.45, 7) is 5.28. The molecule has 0 spiro atoms. The number of hydrogen-bond donors (Lipinski definition) is 0. The summed E-state index contributed by atoms with van der Waals surface area (Å²) in [5, 5.41) is 0. The van der Waals surface area contributed by atoms with Crippen molar-refractivity contribution in [2.24, 2.45) is 0 Å². The second kappa shape index (κ2) is 8.71. The van der Waals surface area contributed by atoms with Crippen LogP contribution >= 0.6 is 11.3 Å². The van der Waals surface area contributed by atoms with E-state index in [0.29, 0.717) is 13.1 Å². The minimum absolute atomic E-state index is 0.0372. The highest BCUT2D eigenvalue weighted by Gasteiger charge is 2.31. The van der Waals surface area contributed by atoms with Crippen molar-refractivity contribution in [2.75, 3.05) is 26.2 Å². The van der Waals surface area contributed by atoms with Gasteiger partial charge in [0, 0.05) is 31.1 Å². The van der Waals surface area contributed by atoms with Gasteiger partial charge >= 0.3 is 0 Å². The molecule has 1 aromatic carbocycles. The van der Waals surface area contributed by atoms with E-state index in [1.54, 1.807) is 16.2 Å². The van der Waals surface area contributed by atoms with Gasteiger partial charge in [-0.1, -0.05) is 26.3 Å². The van der Waals surface area contributed by atoms with E-state index in [-0.39, 0.29) is 23.9 Å². The van der Waals surface area contributed by atoms with Crippen LogP contribution < -0.4 is 0 Å². The Balaban J connectivity index is 1.69. The predicted octanol–water partition coefficient (Wildman–Crippen LogP) is 3.55. The van der Waals surface area contributed by atoms with Crippen molar-refractivity contribution in [1.82, 2.24) is 9.21 Å². The molecule has 0 N–H and O–H groups in total. The largest absolute Gasteiger partial charge is 0.335 e. The molecule has 152 valence electrons. The van der Waals surface area contributed by atoms with E-state index in [9.17, 15) is 17.6 Å². The molecular formula is C20H25FN2O3S2. The number of piperazine rings is 1. The number of rotatable bonds is 6. The van der Waals surface area contributed by atoms with Crippen molar-refractivity contribution in [3.8, 4) is 0 Å². The first-order valence-electron chi connectivity index (χ1n) is 9.53. The third-order valence-electron chi connectivity index (χ3n) is 4.93. The van der Waals surface area contributed by atoms with Crippen LogP contribution in [0.1, 0.15) is 40.4 Å². The van der Waals surface area contributed by atoms with Gasteiger partial charge in [0.05, 0.1) is 9.77 Å². The van der Waals surface area contributed by atoms with Crippen LogP contribution in [0.4, 0.5) is 4.39 Å². The van der Waals surface area contributed by atoms with Crippen molar-refractivity contribution < 1.29 is 17.6 Å². The number of halogens is 1. The summed E-state index contributed by atoms with van der Waals surface area (Å²) in [6.07, 6.45) is 2.91.